The lowest BCUT2D eigenvalue weighted by Gasteiger charge is -2.26. The van der Waals surface area contributed by atoms with Crippen LogP contribution in [0.3, 0.4) is 0 Å². The summed E-state index contributed by atoms with van der Waals surface area (Å²) in [6.45, 7) is 0.634. The first-order valence-corrected chi connectivity index (χ1v) is 9.33. The van der Waals surface area contributed by atoms with Crippen LogP contribution in [-0.4, -0.2) is 40.7 Å². The largest absolute Gasteiger partial charge is 0.261 e. The van der Waals surface area contributed by atoms with Gasteiger partial charge in [-0.1, -0.05) is 0 Å². The van der Waals surface area contributed by atoms with E-state index in [9.17, 15) is 8.42 Å². The Labute approximate surface area is 118 Å². The Balaban J connectivity index is 2.03. The molecule has 1 aliphatic carbocycles. The average molecular weight is 301 g/mol. The van der Waals surface area contributed by atoms with E-state index in [0.29, 0.717) is 17.4 Å². The zero-order valence-electron chi connectivity index (χ0n) is 11.1. The van der Waals surface area contributed by atoms with Gasteiger partial charge in [0.2, 0.25) is 0 Å². The van der Waals surface area contributed by atoms with Crippen LogP contribution in [0.5, 0.6) is 0 Å². The van der Waals surface area contributed by atoms with Gasteiger partial charge in [0.1, 0.15) is 0 Å². The van der Waals surface area contributed by atoms with Crippen molar-refractivity contribution >= 4 is 21.8 Å². The van der Waals surface area contributed by atoms with Crippen LogP contribution in [-0.2, 0) is 29.9 Å². The van der Waals surface area contributed by atoms with Crippen LogP contribution in [0.1, 0.15) is 30.5 Å². The standard InChI is InChI=1S/C12H19N3O2S2/c1-14-12(10-5-2-3-6-11(10)13-14)19(16,17)15-7-4-8-18-9-15/h2-9H2,1H3. The molecule has 0 amide bonds. The molecule has 3 rings (SSSR count). The Kier molecular flexibility index (Phi) is 3.61. The van der Waals surface area contributed by atoms with Crippen LogP contribution in [0.25, 0.3) is 0 Å². The minimum Gasteiger partial charge on any atom is -0.256 e. The van der Waals surface area contributed by atoms with Gasteiger partial charge in [-0.15, -0.1) is 11.8 Å². The average Bonchev–Trinajstić information content (AvgIpc) is 2.76. The van der Waals surface area contributed by atoms with Crippen LogP contribution in [0.2, 0.25) is 0 Å². The summed E-state index contributed by atoms with van der Waals surface area (Å²) in [7, 11) is -1.63. The van der Waals surface area contributed by atoms with Crippen molar-refractivity contribution in [2.24, 2.45) is 7.05 Å². The monoisotopic (exact) mass is 301 g/mol. The normalized spacial score (nSPS) is 21.3. The number of aromatic nitrogens is 2. The van der Waals surface area contributed by atoms with Crippen molar-refractivity contribution < 1.29 is 8.42 Å². The summed E-state index contributed by atoms with van der Waals surface area (Å²) >= 11 is 1.69. The lowest BCUT2D eigenvalue weighted by atomic mass is 9.99. The number of sulfonamides is 1. The second kappa shape index (κ2) is 5.10. The zero-order chi connectivity index (χ0) is 13.5. The van der Waals surface area contributed by atoms with Crippen molar-refractivity contribution in [3.63, 3.8) is 0 Å². The van der Waals surface area contributed by atoms with E-state index >= 15 is 0 Å². The maximum absolute atomic E-state index is 12.8. The molecule has 19 heavy (non-hydrogen) atoms. The second-order valence-electron chi connectivity index (χ2n) is 5.13. The van der Waals surface area contributed by atoms with Crippen molar-refractivity contribution in [2.45, 2.75) is 37.1 Å². The lowest BCUT2D eigenvalue weighted by molar-refractivity contribution is 0.442. The minimum absolute atomic E-state index is 0.435. The number of hydrogen-bond acceptors (Lipinski definition) is 4. The third-order valence-electron chi connectivity index (χ3n) is 3.78. The van der Waals surface area contributed by atoms with E-state index in [-0.39, 0.29) is 0 Å². The van der Waals surface area contributed by atoms with Gasteiger partial charge in [0.05, 0.1) is 11.6 Å². The minimum atomic E-state index is -3.38. The van der Waals surface area contributed by atoms with Gasteiger partial charge >= 0.3 is 0 Å². The van der Waals surface area contributed by atoms with Crippen molar-refractivity contribution in [1.29, 1.82) is 0 Å². The van der Waals surface area contributed by atoms with E-state index < -0.39 is 10.0 Å². The van der Waals surface area contributed by atoms with Crippen molar-refractivity contribution in [1.82, 2.24) is 14.1 Å². The quantitative estimate of drug-likeness (QED) is 0.828. The number of aryl methyl sites for hydroxylation is 2. The molecular weight excluding hydrogens is 282 g/mol. The molecule has 2 heterocycles. The summed E-state index contributed by atoms with van der Waals surface area (Å²) in [5.74, 6) is 1.62. The van der Waals surface area contributed by atoms with E-state index in [2.05, 4.69) is 5.10 Å². The van der Waals surface area contributed by atoms with Gasteiger partial charge in [0, 0.05) is 19.2 Å². The van der Waals surface area contributed by atoms with Gasteiger partial charge in [0.15, 0.2) is 5.03 Å². The molecule has 1 aliphatic heterocycles. The van der Waals surface area contributed by atoms with Crippen LogP contribution < -0.4 is 0 Å². The molecule has 1 fully saturated rings. The maximum Gasteiger partial charge on any atom is 0.261 e. The molecule has 0 bridgehead atoms. The highest BCUT2D eigenvalue weighted by molar-refractivity contribution is 8.00. The van der Waals surface area contributed by atoms with Gasteiger partial charge in [-0.2, -0.15) is 9.40 Å². The number of nitrogens with zero attached hydrogens (tertiary/aromatic N) is 3. The first kappa shape index (κ1) is 13.5. The molecular formula is C12H19N3O2S2. The molecule has 7 heteroatoms. The van der Waals surface area contributed by atoms with E-state index in [1.807, 2.05) is 0 Å². The maximum atomic E-state index is 12.8. The summed E-state index contributed by atoms with van der Waals surface area (Å²) in [6, 6.07) is 0. The number of thioether (sulfide) groups is 1. The molecule has 0 spiro atoms. The molecule has 0 saturated carbocycles. The van der Waals surface area contributed by atoms with Crippen molar-refractivity contribution in [2.75, 3.05) is 18.2 Å². The van der Waals surface area contributed by atoms with Gasteiger partial charge < -0.3 is 0 Å². The first-order chi connectivity index (χ1) is 9.10. The predicted octanol–water partition coefficient (Wildman–Crippen LogP) is 1.38. The predicted molar refractivity (Wildman–Crippen MR) is 75.7 cm³/mol. The SMILES string of the molecule is Cn1nc2c(c1S(=O)(=O)N1CCCSC1)CCCC2. The van der Waals surface area contributed by atoms with E-state index in [4.69, 9.17) is 0 Å². The zero-order valence-corrected chi connectivity index (χ0v) is 12.8. The lowest BCUT2D eigenvalue weighted by Crippen LogP contribution is -2.36. The second-order valence-corrected chi connectivity index (χ2v) is 8.06. The molecule has 0 atom stereocenters. The summed E-state index contributed by atoms with van der Waals surface area (Å²) < 4.78 is 28.8. The van der Waals surface area contributed by atoms with E-state index in [0.717, 1.165) is 49.1 Å². The molecule has 0 N–H and O–H groups in total. The Morgan fingerprint density at radius 2 is 2.00 bits per heavy atom. The highest BCUT2D eigenvalue weighted by Gasteiger charge is 2.33. The Morgan fingerprint density at radius 1 is 1.21 bits per heavy atom. The van der Waals surface area contributed by atoms with Crippen LogP contribution in [0.15, 0.2) is 5.03 Å². The van der Waals surface area contributed by atoms with Gasteiger partial charge in [-0.3, -0.25) is 4.68 Å². The third-order valence-corrected chi connectivity index (χ3v) is 7.00. The van der Waals surface area contributed by atoms with Gasteiger partial charge in [0.25, 0.3) is 10.0 Å². The Hall–Kier alpha value is -0.530. The molecule has 1 saturated heterocycles. The molecule has 0 aromatic carbocycles. The fourth-order valence-electron chi connectivity index (χ4n) is 2.86. The van der Waals surface area contributed by atoms with Crippen molar-refractivity contribution in [3.05, 3.63) is 11.3 Å². The van der Waals surface area contributed by atoms with Crippen LogP contribution >= 0.6 is 11.8 Å². The Morgan fingerprint density at radius 3 is 2.74 bits per heavy atom. The van der Waals surface area contributed by atoms with Gasteiger partial charge in [-0.25, -0.2) is 8.42 Å². The topological polar surface area (TPSA) is 55.2 Å². The smallest absolute Gasteiger partial charge is 0.256 e. The summed E-state index contributed by atoms with van der Waals surface area (Å²) in [4.78, 5) is 0. The summed E-state index contributed by atoms with van der Waals surface area (Å²) in [6.07, 6.45) is 4.87. The summed E-state index contributed by atoms with van der Waals surface area (Å²) in [5.41, 5.74) is 1.95. The fraction of sp³-hybridized carbons (Fsp3) is 0.750. The van der Waals surface area contributed by atoms with Gasteiger partial charge in [-0.05, 0) is 37.9 Å². The van der Waals surface area contributed by atoms with Crippen LogP contribution in [0.4, 0.5) is 0 Å². The number of hydrogen-bond donors (Lipinski definition) is 0. The van der Waals surface area contributed by atoms with E-state index in [1.165, 1.54) is 0 Å². The molecule has 5 nitrogen and oxygen atoms in total. The molecule has 0 unspecified atom stereocenters. The third kappa shape index (κ3) is 2.32. The number of rotatable bonds is 2. The van der Waals surface area contributed by atoms with Crippen LogP contribution in [0, 0.1) is 0 Å². The van der Waals surface area contributed by atoms with Crippen molar-refractivity contribution in [3.8, 4) is 0 Å². The highest BCUT2D eigenvalue weighted by atomic mass is 32.2. The first-order valence-electron chi connectivity index (χ1n) is 6.73. The summed E-state index contributed by atoms with van der Waals surface area (Å²) in [5, 5.41) is 4.85. The molecule has 2 aliphatic rings. The highest BCUT2D eigenvalue weighted by Crippen LogP contribution is 2.30. The molecule has 1 aromatic heterocycles. The molecule has 106 valence electrons. The number of fused-ring (bicyclic) bond motifs is 1. The fourth-order valence-corrected chi connectivity index (χ4v) is 5.95. The van der Waals surface area contributed by atoms with E-state index in [1.54, 1.807) is 27.8 Å². The molecule has 1 aromatic rings. The Bertz CT molecular complexity index is 574. The molecule has 0 radical (unpaired) electrons.